The first-order valence-corrected chi connectivity index (χ1v) is 5.69. The van der Waals surface area contributed by atoms with Crippen molar-refractivity contribution in [3.63, 3.8) is 0 Å². The summed E-state index contributed by atoms with van der Waals surface area (Å²) in [5.41, 5.74) is 0.563. The van der Waals surface area contributed by atoms with Gasteiger partial charge in [0, 0.05) is 19.3 Å². The summed E-state index contributed by atoms with van der Waals surface area (Å²) in [4.78, 5) is 28.6. The van der Waals surface area contributed by atoms with Crippen molar-refractivity contribution >= 4 is 18.3 Å². The highest BCUT2D eigenvalue weighted by molar-refractivity contribution is 6.14. The van der Waals surface area contributed by atoms with Gasteiger partial charge in [0.2, 0.25) is 6.29 Å². The van der Waals surface area contributed by atoms with E-state index in [1.807, 2.05) is 0 Å². The predicted octanol–water partition coefficient (Wildman–Crippen LogP) is 0.433. The smallest absolute Gasteiger partial charge is 0.258 e. The first kappa shape index (κ1) is 12.4. The van der Waals surface area contributed by atoms with E-state index in [0.29, 0.717) is 32.0 Å². The number of aromatic nitrogens is 1. The molecule has 0 bridgehead atoms. The molecule has 18 heavy (non-hydrogen) atoms. The Balaban J connectivity index is 2.15. The van der Waals surface area contributed by atoms with E-state index < -0.39 is 0 Å². The van der Waals surface area contributed by atoms with Crippen molar-refractivity contribution in [2.45, 2.75) is 0 Å². The molecular weight excluding hydrogens is 232 g/mol. The summed E-state index contributed by atoms with van der Waals surface area (Å²) in [5.74, 6) is -0.320. The van der Waals surface area contributed by atoms with Gasteiger partial charge in [0.1, 0.15) is 0 Å². The van der Waals surface area contributed by atoms with Gasteiger partial charge in [-0.25, -0.2) is 0 Å². The minimum atomic E-state index is -0.320. The molecule has 1 aliphatic rings. The topological polar surface area (TPSA) is 59.5 Å². The van der Waals surface area contributed by atoms with Crippen LogP contribution in [0.1, 0.15) is 5.69 Å². The normalized spacial score (nSPS) is 16.4. The Hall–Kier alpha value is -2.01. The summed E-state index contributed by atoms with van der Waals surface area (Å²) >= 11 is 0. The molecule has 0 aliphatic carbocycles. The van der Waals surface area contributed by atoms with Crippen LogP contribution in [0.4, 0.5) is 0 Å². The monoisotopic (exact) mass is 245 g/mol. The summed E-state index contributed by atoms with van der Waals surface area (Å²) < 4.78 is 5.16. The summed E-state index contributed by atoms with van der Waals surface area (Å²) in [6.45, 7) is 2.00. The molecule has 2 rings (SSSR count). The van der Waals surface area contributed by atoms with Crippen LogP contribution >= 0.6 is 0 Å². The highest BCUT2D eigenvalue weighted by Gasteiger charge is 2.20. The number of nitrogens with zero attached hydrogens (tertiary/aromatic N) is 2. The Morgan fingerprint density at radius 2 is 2.17 bits per heavy atom. The SMILES string of the molecule is O=[C]/C(=C\c1ccccn1)C(=O)N1CCOCC1. The Labute approximate surface area is 105 Å². The number of pyridine rings is 1. The lowest BCUT2D eigenvalue weighted by Crippen LogP contribution is -2.41. The van der Waals surface area contributed by atoms with Gasteiger partial charge in [0.05, 0.1) is 24.5 Å². The summed E-state index contributed by atoms with van der Waals surface area (Å²) in [6.07, 6.45) is 4.74. The van der Waals surface area contributed by atoms with Crippen molar-refractivity contribution in [1.29, 1.82) is 0 Å². The van der Waals surface area contributed by atoms with Crippen molar-refractivity contribution < 1.29 is 14.3 Å². The predicted molar refractivity (Wildman–Crippen MR) is 65.3 cm³/mol. The van der Waals surface area contributed by atoms with Gasteiger partial charge in [-0.2, -0.15) is 0 Å². The molecule has 0 N–H and O–H groups in total. The van der Waals surface area contributed by atoms with Crippen molar-refractivity contribution in [1.82, 2.24) is 9.88 Å². The third-order valence-electron chi connectivity index (χ3n) is 2.62. The second-order valence-corrected chi connectivity index (χ2v) is 3.82. The van der Waals surface area contributed by atoms with Crippen LogP contribution in [0, 0.1) is 0 Å². The minimum Gasteiger partial charge on any atom is -0.378 e. The number of carbonyl (C=O) groups excluding carboxylic acids is 2. The van der Waals surface area contributed by atoms with Crippen LogP contribution in [0.3, 0.4) is 0 Å². The maximum atomic E-state index is 12.0. The first-order chi connectivity index (χ1) is 8.81. The zero-order chi connectivity index (χ0) is 12.8. The Bertz CT molecular complexity index is 451. The van der Waals surface area contributed by atoms with Crippen molar-refractivity contribution in [2.24, 2.45) is 0 Å². The lowest BCUT2D eigenvalue weighted by atomic mass is 10.2. The zero-order valence-corrected chi connectivity index (χ0v) is 9.83. The third-order valence-corrected chi connectivity index (χ3v) is 2.62. The molecule has 2 heterocycles. The fourth-order valence-electron chi connectivity index (χ4n) is 1.68. The zero-order valence-electron chi connectivity index (χ0n) is 9.83. The second-order valence-electron chi connectivity index (χ2n) is 3.82. The van der Waals surface area contributed by atoms with E-state index in [1.54, 1.807) is 35.6 Å². The number of hydrogen-bond donors (Lipinski definition) is 0. The minimum absolute atomic E-state index is 0.00407. The molecule has 1 aromatic heterocycles. The van der Waals surface area contributed by atoms with E-state index in [2.05, 4.69) is 4.98 Å². The molecule has 1 saturated heterocycles. The molecule has 1 radical (unpaired) electrons. The molecule has 1 aliphatic heterocycles. The highest BCUT2D eigenvalue weighted by Crippen LogP contribution is 2.07. The van der Waals surface area contributed by atoms with Gasteiger partial charge < -0.3 is 9.64 Å². The lowest BCUT2D eigenvalue weighted by Gasteiger charge is -2.26. The fraction of sp³-hybridized carbons (Fsp3) is 0.308. The average molecular weight is 245 g/mol. The van der Waals surface area contributed by atoms with Crippen molar-refractivity contribution in [3.05, 3.63) is 35.7 Å². The molecular formula is C13H13N2O3. The van der Waals surface area contributed by atoms with E-state index >= 15 is 0 Å². The molecule has 5 heteroatoms. The molecule has 1 fully saturated rings. The number of hydrogen-bond acceptors (Lipinski definition) is 4. The van der Waals surface area contributed by atoms with E-state index in [0.717, 1.165) is 0 Å². The largest absolute Gasteiger partial charge is 0.378 e. The average Bonchev–Trinajstić information content (AvgIpc) is 2.46. The van der Waals surface area contributed by atoms with Crippen molar-refractivity contribution in [3.8, 4) is 0 Å². The molecule has 0 unspecified atom stereocenters. The van der Waals surface area contributed by atoms with Crippen LogP contribution in [0.5, 0.6) is 0 Å². The van der Waals surface area contributed by atoms with Gasteiger partial charge in [-0.05, 0) is 18.2 Å². The Morgan fingerprint density at radius 1 is 1.39 bits per heavy atom. The highest BCUT2D eigenvalue weighted by atomic mass is 16.5. The molecule has 1 amide bonds. The van der Waals surface area contributed by atoms with Crippen LogP contribution < -0.4 is 0 Å². The fourth-order valence-corrected chi connectivity index (χ4v) is 1.68. The van der Waals surface area contributed by atoms with E-state index in [4.69, 9.17) is 4.74 Å². The first-order valence-electron chi connectivity index (χ1n) is 5.69. The number of ether oxygens (including phenoxy) is 1. The molecule has 1 aromatic rings. The maximum absolute atomic E-state index is 12.0. The van der Waals surface area contributed by atoms with Gasteiger partial charge >= 0.3 is 0 Å². The second kappa shape index (κ2) is 6.07. The Morgan fingerprint density at radius 3 is 2.78 bits per heavy atom. The van der Waals surface area contributed by atoms with Crippen LogP contribution in [-0.4, -0.2) is 48.4 Å². The molecule has 0 saturated carbocycles. The quantitative estimate of drug-likeness (QED) is 0.440. The van der Waals surface area contributed by atoms with Crippen LogP contribution in [0.25, 0.3) is 6.08 Å². The van der Waals surface area contributed by atoms with E-state index in [1.165, 1.54) is 6.08 Å². The Kier molecular flexibility index (Phi) is 4.20. The number of morpholine rings is 1. The van der Waals surface area contributed by atoms with Crippen LogP contribution in [0.15, 0.2) is 30.0 Å². The maximum Gasteiger partial charge on any atom is 0.258 e. The molecule has 0 atom stereocenters. The van der Waals surface area contributed by atoms with E-state index in [-0.39, 0.29) is 11.5 Å². The molecule has 0 aromatic carbocycles. The van der Waals surface area contributed by atoms with E-state index in [9.17, 15) is 9.59 Å². The molecule has 0 spiro atoms. The van der Waals surface area contributed by atoms with Gasteiger partial charge in [-0.15, -0.1) is 0 Å². The number of carbonyl (C=O) groups is 1. The van der Waals surface area contributed by atoms with Gasteiger partial charge in [-0.3, -0.25) is 14.6 Å². The van der Waals surface area contributed by atoms with Crippen LogP contribution in [-0.2, 0) is 14.3 Å². The summed E-state index contributed by atoms with van der Waals surface area (Å²) in [6, 6.07) is 5.29. The van der Waals surface area contributed by atoms with Crippen LogP contribution in [0.2, 0.25) is 0 Å². The number of amides is 1. The molecule has 93 valence electrons. The number of rotatable bonds is 3. The van der Waals surface area contributed by atoms with Gasteiger partial charge in [0.25, 0.3) is 5.91 Å². The summed E-state index contributed by atoms with van der Waals surface area (Å²) in [7, 11) is 0. The van der Waals surface area contributed by atoms with Crippen molar-refractivity contribution in [2.75, 3.05) is 26.3 Å². The third kappa shape index (κ3) is 3.01. The standard InChI is InChI=1S/C13H13N2O3/c16-10-11(9-12-3-1-2-4-14-12)13(17)15-5-7-18-8-6-15/h1-4,9H,5-8H2/b11-9+. The summed E-state index contributed by atoms with van der Waals surface area (Å²) in [5, 5.41) is 0. The molecule has 5 nitrogen and oxygen atoms in total. The lowest BCUT2D eigenvalue weighted by molar-refractivity contribution is -0.130. The van der Waals surface area contributed by atoms with Gasteiger partial charge in [0.15, 0.2) is 0 Å². The van der Waals surface area contributed by atoms with Gasteiger partial charge in [-0.1, -0.05) is 6.07 Å².